The van der Waals surface area contributed by atoms with Crippen LogP contribution in [-0.2, 0) is 42.9 Å². The molecule has 1 rings (SSSR count). The van der Waals surface area contributed by atoms with Crippen LogP contribution < -0.4 is 26.0 Å². The van der Waals surface area contributed by atoms with Gasteiger partial charge in [0.25, 0.3) is 0 Å². The number of rotatable bonds is 41. The molecule has 0 aliphatic heterocycles. The average molecular weight is 918 g/mol. The molecule has 0 aromatic heterocycles. The predicted molar refractivity (Wildman–Crippen MR) is 228 cm³/mol. The van der Waals surface area contributed by atoms with E-state index in [-0.39, 0.29) is 81.2 Å². The Morgan fingerprint density at radius 1 is 0.517 bits per heavy atom. The zero-order valence-electron chi connectivity index (χ0n) is 35.2. The van der Waals surface area contributed by atoms with Gasteiger partial charge in [0, 0.05) is 26.1 Å². The molecule has 17 nitrogen and oxygen atoms in total. The molecule has 1 aromatic carbocycles. The summed E-state index contributed by atoms with van der Waals surface area (Å²) < 4.78 is 27.0. The second-order valence-electron chi connectivity index (χ2n) is 14.1. The van der Waals surface area contributed by atoms with E-state index in [2.05, 4.69) is 37.2 Å². The number of carboxylic acids is 2. The van der Waals surface area contributed by atoms with E-state index in [1.165, 1.54) is 44.9 Å². The van der Waals surface area contributed by atoms with E-state index in [4.69, 9.17) is 28.8 Å². The number of aromatic carboxylic acids is 1. The van der Waals surface area contributed by atoms with Gasteiger partial charge in [0.1, 0.15) is 25.0 Å². The number of benzene rings is 1. The van der Waals surface area contributed by atoms with Crippen LogP contribution in [0.15, 0.2) is 24.3 Å². The summed E-state index contributed by atoms with van der Waals surface area (Å²) in [5, 5.41) is 29.1. The van der Waals surface area contributed by atoms with Crippen molar-refractivity contribution in [3.05, 3.63) is 29.8 Å². The molecule has 18 heteroatoms. The van der Waals surface area contributed by atoms with Crippen LogP contribution >= 0.6 is 15.9 Å². The highest BCUT2D eigenvalue weighted by atomic mass is 79.9. The molecule has 1 atom stereocenters. The maximum absolute atomic E-state index is 12.1. The lowest BCUT2D eigenvalue weighted by molar-refractivity contribution is -0.142. The van der Waals surface area contributed by atoms with E-state index >= 15 is 0 Å². The molecule has 60 heavy (non-hydrogen) atoms. The quantitative estimate of drug-likeness (QED) is 0.0396. The van der Waals surface area contributed by atoms with Gasteiger partial charge in [-0.2, -0.15) is 0 Å². The van der Waals surface area contributed by atoms with Crippen LogP contribution in [-0.4, -0.2) is 136 Å². The fourth-order valence-corrected chi connectivity index (χ4v) is 5.91. The highest BCUT2D eigenvalue weighted by Crippen LogP contribution is 2.15. The van der Waals surface area contributed by atoms with Gasteiger partial charge in [-0.25, -0.2) is 9.59 Å². The van der Waals surface area contributed by atoms with Crippen LogP contribution in [0.25, 0.3) is 0 Å². The zero-order valence-corrected chi connectivity index (χ0v) is 36.7. The third-order valence-corrected chi connectivity index (χ3v) is 9.52. The van der Waals surface area contributed by atoms with Gasteiger partial charge in [0.2, 0.25) is 23.6 Å². The van der Waals surface area contributed by atoms with Gasteiger partial charge in [-0.1, -0.05) is 80.1 Å². The molecule has 4 amide bonds. The fraction of sp³-hybridized carbons (Fsp3) is 0.714. The van der Waals surface area contributed by atoms with E-state index in [0.29, 0.717) is 57.9 Å². The van der Waals surface area contributed by atoms with Crippen molar-refractivity contribution in [3.63, 3.8) is 0 Å². The molecule has 0 aliphatic rings. The summed E-state index contributed by atoms with van der Waals surface area (Å²) in [6.07, 6.45) is 15.7. The van der Waals surface area contributed by atoms with Gasteiger partial charge < -0.3 is 55.2 Å². The highest BCUT2D eigenvalue weighted by Gasteiger charge is 2.19. The number of unbranched alkanes of at least 4 members (excludes halogenated alkanes) is 12. The third kappa shape index (κ3) is 32.9. The van der Waals surface area contributed by atoms with Crippen molar-refractivity contribution in [2.24, 2.45) is 0 Å². The molecular weight excluding hydrogens is 848 g/mol. The minimum absolute atomic E-state index is 0.0243. The Morgan fingerprint density at radius 2 is 1.02 bits per heavy atom. The Labute approximate surface area is 363 Å². The van der Waals surface area contributed by atoms with E-state index < -0.39 is 23.9 Å². The number of carboxylic acid groups (broad SMARTS) is 2. The SMILES string of the molecule is O=C(CBr)NCCCCC(NC(=O)COCCOCCNC(=O)COCCOCCNC(=O)CCCCCCCCCCCCCCOc1ccc(C(=O)O)cc1)C(=O)O. The van der Waals surface area contributed by atoms with E-state index in [0.717, 1.165) is 32.1 Å². The van der Waals surface area contributed by atoms with Gasteiger partial charge >= 0.3 is 11.9 Å². The lowest BCUT2D eigenvalue weighted by atomic mass is 10.0. The standard InChI is InChI=1S/C42H69BrN4O13/c43-31-38(49)44-21-13-12-15-36(42(54)55)47-40(51)33-59-30-28-57-26-23-46-39(50)32-58-29-27-56-25-22-45-37(48)16-11-9-7-5-3-1-2-4-6-8-10-14-24-60-35-19-17-34(18-20-35)41(52)53/h17-20,36H,1-16,21-33H2,(H,44,49)(H,45,48)(H,46,50)(H,47,51)(H,52,53)(H,54,55). The molecule has 0 radical (unpaired) electrons. The number of hydrogen-bond donors (Lipinski definition) is 6. The first-order valence-corrected chi connectivity index (χ1v) is 22.4. The summed E-state index contributed by atoms with van der Waals surface area (Å²) in [5.41, 5.74) is 0.261. The summed E-state index contributed by atoms with van der Waals surface area (Å²) in [6, 6.07) is 5.46. The van der Waals surface area contributed by atoms with Crippen molar-refractivity contribution >= 4 is 51.5 Å². The summed E-state index contributed by atoms with van der Waals surface area (Å²) in [5.74, 6) is -2.35. The van der Waals surface area contributed by atoms with Crippen molar-refractivity contribution in [3.8, 4) is 5.75 Å². The summed E-state index contributed by atoms with van der Waals surface area (Å²) >= 11 is 3.04. The molecule has 0 saturated carbocycles. The number of carbonyl (C=O) groups is 6. The number of halogens is 1. The molecule has 0 fully saturated rings. The topological polar surface area (TPSA) is 237 Å². The molecule has 0 heterocycles. The Hall–Kier alpha value is -3.84. The van der Waals surface area contributed by atoms with Gasteiger partial charge in [-0.3, -0.25) is 19.2 Å². The van der Waals surface area contributed by atoms with E-state index in [9.17, 15) is 33.9 Å². The lowest BCUT2D eigenvalue weighted by Crippen LogP contribution is -2.42. The van der Waals surface area contributed by atoms with Crippen molar-refractivity contribution < 1.29 is 62.7 Å². The van der Waals surface area contributed by atoms with Crippen molar-refractivity contribution in [2.75, 3.05) is 84.4 Å². The maximum Gasteiger partial charge on any atom is 0.335 e. The number of ether oxygens (including phenoxy) is 5. The number of hydrogen-bond acceptors (Lipinski definition) is 11. The first-order chi connectivity index (χ1) is 29.1. The lowest BCUT2D eigenvalue weighted by Gasteiger charge is -2.14. The summed E-state index contributed by atoms with van der Waals surface area (Å²) in [6.45, 7) is 2.73. The Bertz CT molecular complexity index is 1320. The van der Waals surface area contributed by atoms with Gasteiger partial charge in [0.05, 0.1) is 57.1 Å². The van der Waals surface area contributed by atoms with Crippen molar-refractivity contribution in [2.45, 2.75) is 109 Å². The first-order valence-electron chi connectivity index (χ1n) is 21.3. The van der Waals surface area contributed by atoms with Crippen LogP contribution in [0.2, 0.25) is 0 Å². The number of amides is 4. The van der Waals surface area contributed by atoms with Crippen LogP contribution in [0.5, 0.6) is 5.75 Å². The van der Waals surface area contributed by atoms with Crippen molar-refractivity contribution in [1.29, 1.82) is 0 Å². The fourth-order valence-electron chi connectivity index (χ4n) is 5.72. The molecule has 6 N–H and O–H groups in total. The number of nitrogens with one attached hydrogen (secondary N) is 4. The molecule has 0 spiro atoms. The highest BCUT2D eigenvalue weighted by molar-refractivity contribution is 9.09. The number of alkyl halides is 1. The Morgan fingerprint density at radius 3 is 1.57 bits per heavy atom. The molecule has 0 bridgehead atoms. The van der Waals surface area contributed by atoms with E-state index in [1.54, 1.807) is 24.3 Å². The average Bonchev–Trinajstić information content (AvgIpc) is 3.23. The predicted octanol–water partition coefficient (Wildman–Crippen LogP) is 4.38. The molecule has 0 saturated heterocycles. The minimum atomic E-state index is -1.14. The maximum atomic E-state index is 12.1. The van der Waals surface area contributed by atoms with Crippen LogP contribution in [0.4, 0.5) is 0 Å². The van der Waals surface area contributed by atoms with Crippen LogP contribution in [0, 0.1) is 0 Å². The third-order valence-electron chi connectivity index (χ3n) is 9.01. The molecule has 1 unspecified atom stereocenters. The molecule has 0 aliphatic carbocycles. The van der Waals surface area contributed by atoms with Gasteiger partial charge in [0.15, 0.2) is 0 Å². The summed E-state index contributed by atoms with van der Waals surface area (Å²) in [7, 11) is 0. The smallest absolute Gasteiger partial charge is 0.335 e. The Balaban J connectivity index is 1.81. The molecular formula is C42H69BrN4O13. The molecule has 342 valence electrons. The number of carbonyl (C=O) groups excluding carboxylic acids is 4. The summed E-state index contributed by atoms with van der Waals surface area (Å²) in [4.78, 5) is 69.5. The van der Waals surface area contributed by atoms with Gasteiger partial charge in [-0.05, 0) is 56.4 Å². The second kappa shape index (κ2) is 38.1. The second-order valence-corrected chi connectivity index (χ2v) is 14.7. The molecule has 1 aromatic rings. The largest absolute Gasteiger partial charge is 0.494 e. The monoisotopic (exact) mass is 916 g/mol. The number of aliphatic carboxylic acids is 1. The normalized spacial score (nSPS) is 11.4. The Kier molecular flexibility index (Phi) is 34.4. The minimum Gasteiger partial charge on any atom is -0.494 e. The first kappa shape index (κ1) is 54.2. The van der Waals surface area contributed by atoms with Crippen LogP contribution in [0.1, 0.15) is 113 Å². The van der Waals surface area contributed by atoms with Crippen molar-refractivity contribution in [1.82, 2.24) is 21.3 Å². The zero-order chi connectivity index (χ0) is 43.9. The van der Waals surface area contributed by atoms with Crippen LogP contribution in [0.3, 0.4) is 0 Å². The van der Waals surface area contributed by atoms with E-state index in [1.807, 2.05) is 0 Å². The van der Waals surface area contributed by atoms with Gasteiger partial charge in [-0.15, -0.1) is 0 Å².